The zero-order valence-electron chi connectivity index (χ0n) is 57.7. The van der Waals surface area contributed by atoms with Gasteiger partial charge in [-0.1, -0.05) is 206 Å². The molecule has 3 fully saturated rings. The third-order valence-electron chi connectivity index (χ3n) is 18.0. The molecule has 1 aliphatic carbocycles. The Labute approximate surface area is 566 Å². The molecule has 0 spiro atoms. The van der Waals surface area contributed by atoms with Gasteiger partial charge >= 0.3 is 25.7 Å². The summed E-state index contributed by atoms with van der Waals surface area (Å²) in [7, 11) is -5.70. The lowest BCUT2D eigenvalue weighted by molar-refractivity contribution is -0.360. The van der Waals surface area contributed by atoms with E-state index >= 15 is 0 Å². The van der Waals surface area contributed by atoms with Gasteiger partial charge in [0.1, 0.15) is 98.7 Å². The molecule has 11 N–H and O–H groups in total. The fraction of sp³-hybridized carbons (Fsp3) is 0.900. The van der Waals surface area contributed by atoms with Gasteiger partial charge in [0.15, 0.2) is 18.7 Å². The molecule has 95 heavy (non-hydrogen) atoms. The fourth-order valence-corrected chi connectivity index (χ4v) is 12.9. The average Bonchev–Trinajstić information content (AvgIpc) is 0.764. The predicted octanol–water partition coefficient (Wildman–Crippen LogP) is 9.35. The van der Waals surface area contributed by atoms with Crippen molar-refractivity contribution in [2.24, 2.45) is 0 Å². The Balaban J connectivity index is 1.76. The van der Waals surface area contributed by atoms with Crippen LogP contribution in [0.3, 0.4) is 0 Å². The van der Waals surface area contributed by atoms with Gasteiger partial charge in [0.25, 0.3) is 0 Å². The largest absolute Gasteiger partial charge is 0.472 e. The number of esters is 3. The number of aliphatic hydroxyl groups is 10. The number of ether oxygens (including phenoxy) is 7. The lowest BCUT2D eigenvalue weighted by Crippen LogP contribution is -2.69. The van der Waals surface area contributed by atoms with E-state index in [4.69, 9.17) is 42.2 Å². The summed E-state index contributed by atoms with van der Waals surface area (Å²) in [5.41, 5.74) is 0. The number of phosphoric ester groups is 1. The number of rotatable bonds is 56. The zero-order valence-corrected chi connectivity index (χ0v) is 58.6. The van der Waals surface area contributed by atoms with Crippen LogP contribution in [0.5, 0.6) is 0 Å². The molecular weight excluding hydrogens is 1260 g/mol. The minimum atomic E-state index is -5.70. The Bertz CT molecular complexity index is 2070. The van der Waals surface area contributed by atoms with E-state index in [1.165, 1.54) is 116 Å². The highest BCUT2D eigenvalue weighted by Crippen LogP contribution is 2.49. The number of hydrogen-bond donors (Lipinski definition) is 11. The van der Waals surface area contributed by atoms with Gasteiger partial charge in [0.2, 0.25) is 0 Å². The van der Waals surface area contributed by atoms with Gasteiger partial charge in [-0.25, -0.2) is 4.57 Å². The summed E-state index contributed by atoms with van der Waals surface area (Å²) in [5, 5.41) is 110. The summed E-state index contributed by atoms with van der Waals surface area (Å²) in [6.45, 7) is 3.39. The van der Waals surface area contributed by atoms with Crippen LogP contribution in [-0.4, -0.2) is 204 Å². The average molecular weight is 1380 g/mol. The van der Waals surface area contributed by atoms with E-state index in [9.17, 15) is 74.9 Å². The fourth-order valence-electron chi connectivity index (χ4n) is 11.9. The lowest BCUT2D eigenvalue weighted by Gasteiger charge is -2.49. The lowest BCUT2D eigenvalue weighted by atomic mass is 9.84. The first kappa shape index (κ1) is 86.7. The van der Waals surface area contributed by atoms with E-state index in [1.54, 1.807) is 0 Å². The number of unbranched alkanes of at least 4 members (excludes halogenated alkanes) is 31. The van der Waals surface area contributed by atoms with Crippen molar-refractivity contribution in [3.63, 3.8) is 0 Å². The van der Waals surface area contributed by atoms with E-state index in [-0.39, 0.29) is 19.3 Å². The highest BCUT2D eigenvalue weighted by atomic mass is 31.2. The van der Waals surface area contributed by atoms with E-state index in [0.717, 1.165) is 96.3 Å². The third-order valence-corrected chi connectivity index (χ3v) is 18.9. The summed E-state index contributed by atoms with van der Waals surface area (Å²) in [5.74, 6) is -2.02. The molecule has 0 amide bonds. The van der Waals surface area contributed by atoms with Crippen molar-refractivity contribution in [3.05, 3.63) is 24.3 Å². The van der Waals surface area contributed by atoms with Crippen LogP contribution in [-0.2, 0) is 61.2 Å². The molecule has 18 unspecified atom stereocenters. The smallest absolute Gasteiger partial charge is 0.463 e. The topological polar surface area (TPSA) is 374 Å². The van der Waals surface area contributed by atoms with Crippen molar-refractivity contribution < 1.29 is 117 Å². The van der Waals surface area contributed by atoms with E-state index in [1.807, 2.05) is 0 Å². The van der Waals surface area contributed by atoms with Gasteiger partial charge in [-0.15, -0.1) is 0 Å². The van der Waals surface area contributed by atoms with Gasteiger partial charge in [0, 0.05) is 19.3 Å². The van der Waals surface area contributed by atoms with Crippen molar-refractivity contribution in [3.8, 4) is 0 Å². The maximum Gasteiger partial charge on any atom is 0.472 e. The summed E-state index contributed by atoms with van der Waals surface area (Å²) in [6.07, 6.45) is 11.2. The van der Waals surface area contributed by atoms with Crippen LogP contribution in [0.25, 0.3) is 0 Å². The molecule has 0 radical (unpaired) electrons. The Hall–Kier alpha value is -2.56. The number of carbonyl (C=O) groups excluding carboxylic acids is 3. The van der Waals surface area contributed by atoms with Gasteiger partial charge in [0.05, 0.1) is 13.2 Å². The van der Waals surface area contributed by atoms with Gasteiger partial charge in [-0.3, -0.25) is 23.4 Å². The Morgan fingerprint density at radius 2 is 0.737 bits per heavy atom. The first-order valence-electron chi connectivity index (χ1n) is 36.6. The molecule has 24 nitrogen and oxygen atoms in total. The standard InChI is InChI=1S/C70H127O24P/c1-4-7-10-13-16-19-22-25-28-30-32-35-38-41-44-54(72)86-48-51(89-56(74)46-43-40-37-34-31-27-24-21-18-15-12-9-6-3)49-88-95(84,85)94-68-66(92-69-64(82)59(77)57(75)52(47-71)90-69)62(80)61(79)63(81)67(68)93-70-65(83)60(78)58(76)53(91-70)50-87-55(73)45-42-39-36-33-29-26-23-20-17-14-11-8-5-2/h26,28-30,51-53,57-71,75-83H,4-25,27,31-50H2,1-3H3,(H,84,85)/b29-26-,30-28-. The van der Waals surface area contributed by atoms with Crippen molar-refractivity contribution in [1.82, 2.24) is 0 Å². The summed E-state index contributed by atoms with van der Waals surface area (Å²) < 4.78 is 64.9. The highest BCUT2D eigenvalue weighted by molar-refractivity contribution is 7.47. The minimum Gasteiger partial charge on any atom is -0.463 e. The summed E-state index contributed by atoms with van der Waals surface area (Å²) >= 11 is 0. The number of hydrogen-bond acceptors (Lipinski definition) is 23. The van der Waals surface area contributed by atoms with E-state index < -0.39 is 156 Å². The third kappa shape index (κ3) is 36.1. The van der Waals surface area contributed by atoms with E-state index in [2.05, 4.69) is 45.1 Å². The Morgan fingerprint density at radius 1 is 0.400 bits per heavy atom. The highest BCUT2D eigenvalue weighted by Gasteiger charge is 2.58. The van der Waals surface area contributed by atoms with Crippen LogP contribution < -0.4 is 0 Å². The van der Waals surface area contributed by atoms with Gasteiger partial charge in [-0.05, 0) is 70.6 Å². The second-order valence-corrected chi connectivity index (χ2v) is 27.7. The molecule has 0 aromatic carbocycles. The van der Waals surface area contributed by atoms with Crippen LogP contribution in [0.2, 0.25) is 0 Å². The number of phosphoric acid groups is 1. The molecule has 1 saturated carbocycles. The monoisotopic (exact) mass is 1380 g/mol. The molecule has 0 bridgehead atoms. The molecule has 0 aromatic heterocycles. The Kier molecular flexibility index (Phi) is 47.8. The van der Waals surface area contributed by atoms with Crippen molar-refractivity contribution in [2.45, 2.75) is 375 Å². The number of carbonyl (C=O) groups is 3. The number of aliphatic hydroxyl groups excluding tert-OH is 10. The normalized spacial score (nSPS) is 28.2. The van der Waals surface area contributed by atoms with Crippen molar-refractivity contribution in [1.29, 1.82) is 0 Å². The molecule has 3 aliphatic rings. The molecule has 0 aromatic rings. The molecule has 25 heteroatoms. The summed E-state index contributed by atoms with van der Waals surface area (Å²) in [6, 6.07) is 0. The van der Waals surface area contributed by atoms with Crippen molar-refractivity contribution in [2.75, 3.05) is 26.4 Å². The van der Waals surface area contributed by atoms with E-state index in [0.29, 0.717) is 19.3 Å². The molecule has 556 valence electrons. The second-order valence-electron chi connectivity index (χ2n) is 26.3. The Morgan fingerprint density at radius 3 is 1.15 bits per heavy atom. The zero-order chi connectivity index (χ0) is 69.6. The molecule has 3 rings (SSSR count). The van der Waals surface area contributed by atoms with Crippen molar-refractivity contribution >= 4 is 25.7 Å². The second kappa shape index (κ2) is 52.4. The van der Waals surface area contributed by atoms with Crippen LogP contribution in [0.4, 0.5) is 0 Å². The molecule has 2 saturated heterocycles. The first-order valence-corrected chi connectivity index (χ1v) is 38.1. The number of allylic oxidation sites excluding steroid dienone is 4. The maximum atomic E-state index is 14.3. The van der Waals surface area contributed by atoms with Gasteiger partial charge in [-0.2, -0.15) is 0 Å². The maximum absolute atomic E-state index is 14.3. The van der Waals surface area contributed by atoms with Crippen LogP contribution in [0.1, 0.15) is 271 Å². The van der Waals surface area contributed by atoms with Gasteiger partial charge < -0.3 is 89.1 Å². The summed E-state index contributed by atoms with van der Waals surface area (Å²) in [4.78, 5) is 50.9. The quantitative estimate of drug-likeness (QED) is 0.00887. The molecule has 18 atom stereocenters. The molecular formula is C70H127O24P. The SMILES string of the molecule is CCCCCCCC/C=C\CCCCCC(=O)OCC1OC(OC2C(O)C(O)C(O)C(OC3OC(CO)C(O)C(O)C3O)C2OP(=O)(O)OCC(COC(=O)CCCCC/C=C\CCCCCCCCC)OC(=O)CCCCCCCCCCCCCCC)C(O)C(O)C1O. The van der Waals surface area contributed by atoms with Crippen LogP contribution >= 0.6 is 7.82 Å². The molecule has 2 heterocycles. The first-order chi connectivity index (χ1) is 45.8. The van der Waals surface area contributed by atoms with Crippen LogP contribution in [0.15, 0.2) is 24.3 Å². The molecule has 2 aliphatic heterocycles. The minimum absolute atomic E-state index is 0.00767. The van der Waals surface area contributed by atoms with Crippen LogP contribution in [0, 0.1) is 0 Å². The predicted molar refractivity (Wildman–Crippen MR) is 356 cm³/mol.